The molecule has 2 aliphatic heterocycles. The van der Waals surface area contributed by atoms with Crippen molar-refractivity contribution >= 4 is 80.2 Å². The highest BCUT2D eigenvalue weighted by Gasteiger charge is 2.29. The maximum absolute atomic E-state index is 13.4. The number of carboxylic acid groups (broad SMARTS) is 2. The van der Waals surface area contributed by atoms with Gasteiger partial charge in [-0.15, -0.1) is 22.7 Å². The van der Waals surface area contributed by atoms with Crippen LogP contribution < -0.4 is 9.80 Å². The molecule has 11 nitrogen and oxygen atoms in total. The molecule has 50 heavy (non-hydrogen) atoms. The summed E-state index contributed by atoms with van der Waals surface area (Å²) in [5.41, 5.74) is 1.41. The highest BCUT2D eigenvalue weighted by Crippen LogP contribution is 2.41. The van der Waals surface area contributed by atoms with E-state index in [1.807, 2.05) is 11.4 Å². The minimum Gasteiger partial charge on any atom is -0.478 e. The van der Waals surface area contributed by atoms with Crippen LogP contribution >= 0.6 is 45.9 Å². The van der Waals surface area contributed by atoms with Crippen LogP contribution in [0.5, 0.6) is 0 Å². The monoisotopic (exact) mass is 761 g/mol. The van der Waals surface area contributed by atoms with Gasteiger partial charge < -0.3 is 20.0 Å². The van der Waals surface area contributed by atoms with Crippen molar-refractivity contribution in [2.75, 3.05) is 49.1 Å². The number of carbonyl (C=O) groups is 4. The number of nitrogens with zero attached hydrogens (tertiary/aromatic N) is 5. The lowest BCUT2D eigenvalue weighted by Crippen LogP contribution is -2.50. The Balaban J connectivity index is 0.000000544. The Bertz CT molecular complexity index is 1690. The van der Waals surface area contributed by atoms with Crippen LogP contribution in [0, 0.1) is 5.92 Å². The van der Waals surface area contributed by atoms with Crippen molar-refractivity contribution in [3.63, 3.8) is 0 Å². The number of aliphatic carboxylic acids is 2. The molecule has 0 aromatic carbocycles. The van der Waals surface area contributed by atoms with Crippen molar-refractivity contribution in [2.45, 2.75) is 64.3 Å². The molecule has 268 valence electrons. The maximum atomic E-state index is 13.4. The number of aromatic nitrogens is 2. The number of carboxylic acids is 2. The number of anilines is 2. The summed E-state index contributed by atoms with van der Waals surface area (Å²) < 4.78 is 0. The molecule has 2 saturated heterocycles. The second kappa shape index (κ2) is 17.7. The number of piperidine rings is 1. The lowest BCUT2D eigenvalue weighted by molar-refractivity contribution is -0.134. The number of Topliss-reactive ketones (excluding diaryl/α,β-unsaturated/α-hetero) is 2. The summed E-state index contributed by atoms with van der Waals surface area (Å²) in [5.74, 6) is -1.54. The van der Waals surface area contributed by atoms with Crippen LogP contribution in [0.25, 0.3) is 10.6 Å². The summed E-state index contributed by atoms with van der Waals surface area (Å²) >= 11 is 16.1. The van der Waals surface area contributed by atoms with Crippen molar-refractivity contribution in [1.82, 2.24) is 14.9 Å². The van der Waals surface area contributed by atoms with Crippen molar-refractivity contribution < 1.29 is 29.4 Å². The lowest BCUT2D eigenvalue weighted by Gasteiger charge is -2.41. The number of pyridine rings is 1. The molecule has 3 aliphatic rings. The van der Waals surface area contributed by atoms with Gasteiger partial charge in [0.15, 0.2) is 5.78 Å². The van der Waals surface area contributed by atoms with Gasteiger partial charge in [-0.2, -0.15) is 0 Å². The van der Waals surface area contributed by atoms with Crippen molar-refractivity contribution in [2.24, 2.45) is 5.92 Å². The van der Waals surface area contributed by atoms with E-state index in [2.05, 4.69) is 19.7 Å². The summed E-state index contributed by atoms with van der Waals surface area (Å²) in [4.78, 5) is 62.1. The van der Waals surface area contributed by atoms with Crippen LogP contribution in [0.2, 0.25) is 10.0 Å². The van der Waals surface area contributed by atoms with Gasteiger partial charge in [-0.3, -0.25) is 14.5 Å². The van der Waals surface area contributed by atoms with Crippen molar-refractivity contribution in [3.8, 4) is 10.6 Å². The number of ketones is 2. The number of halogens is 2. The minimum atomic E-state index is -1.26. The van der Waals surface area contributed by atoms with E-state index in [9.17, 15) is 19.2 Å². The van der Waals surface area contributed by atoms with Crippen LogP contribution in [0.3, 0.4) is 0 Å². The van der Waals surface area contributed by atoms with Crippen LogP contribution in [-0.2, 0) is 20.8 Å². The third-order valence-electron chi connectivity index (χ3n) is 9.34. The predicted octanol–water partition coefficient (Wildman–Crippen LogP) is 6.97. The van der Waals surface area contributed by atoms with E-state index in [-0.39, 0.29) is 23.9 Å². The fraction of sp³-hybridized carbons (Fsp3) is 0.486. The van der Waals surface area contributed by atoms with Crippen LogP contribution in [0.1, 0.15) is 67.2 Å². The number of piperazine rings is 1. The fourth-order valence-electron chi connectivity index (χ4n) is 6.67. The number of hydrogen-bond acceptors (Lipinski definition) is 11. The molecule has 1 aliphatic carbocycles. The summed E-state index contributed by atoms with van der Waals surface area (Å²) in [6.07, 6.45) is 11.3. The molecular formula is C35H41Cl2N5O6S2. The highest BCUT2D eigenvalue weighted by molar-refractivity contribution is 7.18. The van der Waals surface area contributed by atoms with Crippen molar-refractivity contribution in [3.05, 3.63) is 56.5 Å². The van der Waals surface area contributed by atoms with E-state index < -0.39 is 11.9 Å². The van der Waals surface area contributed by atoms with E-state index in [0.29, 0.717) is 33.6 Å². The molecule has 3 aromatic rings. The first-order valence-electron chi connectivity index (χ1n) is 16.8. The van der Waals surface area contributed by atoms with Gasteiger partial charge in [0, 0.05) is 80.5 Å². The van der Waals surface area contributed by atoms with E-state index in [1.165, 1.54) is 32.1 Å². The predicted molar refractivity (Wildman–Crippen MR) is 198 cm³/mol. The number of rotatable bonds is 10. The summed E-state index contributed by atoms with van der Waals surface area (Å²) in [6.45, 7) is 7.17. The molecular weight excluding hydrogens is 721 g/mol. The summed E-state index contributed by atoms with van der Waals surface area (Å²) in [6, 6.07) is 4.42. The summed E-state index contributed by atoms with van der Waals surface area (Å²) in [5, 5.41) is 20.6. The van der Waals surface area contributed by atoms with Crippen LogP contribution in [0.4, 0.5) is 10.8 Å². The first-order valence-corrected chi connectivity index (χ1v) is 19.2. The average Bonchev–Trinajstić information content (AvgIpc) is 3.74. The van der Waals surface area contributed by atoms with Gasteiger partial charge in [-0.25, -0.2) is 19.6 Å². The molecule has 2 N–H and O–H groups in total. The topological polar surface area (TPSA) is 144 Å². The van der Waals surface area contributed by atoms with Gasteiger partial charge >= 0.3 is 11.9 Å². The SMILES string of the molecule is CC(=O)C1CCN(c2ncc(C(=O)Cc3nc(-c4cc(Cl)cs4)c(N4CCN(C5CCCCC5)CC4)s3)cc2Cl)CC1.O=C(O)/C=C\C(=O)O. The Kier molecular flexibility index (Phi) is 13.4. The number of carbonyl (C=O) groups excluding carboxylic acids is 2. The van der Waals surface area contributed by atoms with Gasteiger partial charge in [0.05, 0.1) is 21.3 Å². The molecule has 0 bridgehead atoms. The van der Waals surface area contributed by atoms with Crippen molar-refractivity contribution in [1.29, 1.82) is 0 Å². The Morgan fingerprint density at radius 3 is 2.12 bits per heavy atom. The first-order chi connectivity index (χ1) is 24.0. The molecule has 0 amide bonds. The quantitative estimate of drug-likeness (QED) is 0.163. The van der Waals surface area contributed by atoms with E-state index in [0.717, 1.165) is 78.7 Å². The number of hydrogen-bond donors (Lipinski definition) is 2. The van der Waals surface area contributed by atoms with Gasteiger partial charge in [-0.1, -0.05) is 42.5 Å². The molecule has 6 rings (SSSR count). The average molecular weight is 763 g/mol. The van der Waals surface area contributed by atoms with E-state index >= 15 is 0 Å². The molecule has 5 heterocycles. The summed E-state index contributed by atoms with van der Waals surface area (Å²) in [7, 11) is 0. The Labute approximate surface area is 309 Å². The fourth-order valence-corrected chi connectivity index (χ4v) is 9.22. The third kappa shape index (κ3) is 10.1. The minimum absolute atomic E-state index is 0.0515. The van der Waals surface area contributed by atoms with Gasteiger partial charge in [0.2, 0.25) is 0 Å². The Hall–Kier alpha value is -3.36. The van der Waals surface area contributed by atoms with Gasteiger partial charge in [-0.05, 0) is 44.7 Å². The smallest absolute Gasteiger partial charge is 0.328 e. The second-order valence-electron chi connectivity index (χ2n) is 12.7. The molecule has 1 saturated carbocycles. The molecule has 3 aromatic heterocycles. The molecule has 0 radical (unpaired) electrons. The second-order valence-corrected chi connectivity index (χ2v) is 15.5. The Morgan fingerprint density at radius 2 is 1.56 bits per heavy atom. The largest absolute Gasteiger partial charge is 0.478 e. The molecule has 0 spiro atoms. The highest BCUT2D eigenvalue weighted by atomic mass is 35.5. The number of thiophene rings is 1. The maximum Gasteiger partial charge on any atom is 0.328 e. The number of thiazole rings is 1. The van der Waals surface area contributed by atoms with Gasteiger partial charge in [0.25, 0.3) is 0 Å². The molecule has 3 fully saturated rings. The zero-order chi connectivity index (χ0) is 35.8. The molecule has 15 heteroatoms. The lowest BCUT2D eigenvalue weighted by atomic mass is 9.93. The zero-order valence-electron chi connectivity index (χ0n) is 27.9. The van der Waals surface area contributed by atoms with E-state index in [4.69, 9.17) is 38.4 Å². The molecule has 0 atom stereocenters. The normalized spacial score (nSPS) is 17.8. The van der Waals surface area contributed by atoms with E-state index in [1.54, 1.807) is 41.9 Å². The standard InChI is InChI=1S/C31H37Cl2N5O2S2.C4H4O4/c1-20(39)21-7-9-37(10-8-21)30-25(33)15-22(18-34-30)26(40)17-28-35-29(27-16-23(32)19-41-27)31(42-28)38-13-11-36(12-14-38)24-5-3-2-4-6-24;5-3(6)1-2-4(7)8/h15-16,18-19,21,24H,2-14,17H2,1H3;1-2H,(H,5,6)(H,7,8)/b;2-1-. The third-order valence-corrected chi connectivity index (χ3v) is 12.0. The zero-order valence-corrected chi connectivity index (χ0v) is 31.0. The van der Waals surface area contributed by atoms with Gasteiger partial charge in [0.1, 0.15) is 27.3 Å². The van der Waals surface area contributed by atoms with Crippen LogP contribution in [-0.4, -0.2) is 93.9 Å². The van der Waals surface area contributed by atoms with Crippen LogP contribution in [0.15, 0.2) is 35.9 Å². The Morgan fingerprint density at radius 1 is 0.900 bits per heavy atom. The molecule has 0 unspecified atom stereocenters. The first kappa shape index (κ1) is 37.9.